The van der Waals surface area contributed by atoms with E-state index in [0.717, 1.165) is 0 Å². The molecule has 2 rings (SSSR count). The average Bonchev–Trinajstić information content (AvgIpc) is 2.91. The van der Waals surface area contributed by atoms with E-state index in [2.05, 4.69) is 12.2 Å². The lowest BCUT2D eigenvalue weighted by atomic mass is 9.99. The van der Waals surface area contributed by atoms with Crippen molar-refractivity contribution in [1.29, 1.82) is 0 Å². The molecule has 2 N–H and O–H groups in total. The Kier molecular flexibility index (Phi) is 4.53. The lowest BCUT2D eigenvalue weighted by Crippen LogP contribution is -2.32. The van der Waals surface area contributed by atoms with E-state index in [-0.39, 0.29) is 11.4 Å². The molecular weight excluding hydrogens is 245 g/mol. The van der Waals surface area contributed by atoms with E-state index in [1.807, 2.05) is 0 Å². The van der Waals surface area contributed by atoms with Crippen molar-refractivity contribution in [3.63, 3.8) is 0 Å². The molecule has 1 atom stereocenters. The van der Waals surface area contributed by atoms with Gasteiger partial charge in [-0.05, 0) is 43.9 Å². The van der Waals surface area contributed by atoms with Crippen molar-refractivity contribution in [3.8, 4) is 0 Å². The Bertz CT molecular complexity index is 455. The van der Waals surface area contributed by atoms with Gasteiger partial charge in [-0.3, -0.25) is 0 Å². The van der Waals surface area contributed by atoms with Gasteiger partial charge >= 0.3 is 5.97 Å². The molecule has 1 fully saturated rings. The van der Waals surface area contributed by atoms with Gasteiger partial charge in [0.25, 0.3) is 0 Å². The third-order valence-corrected chi connectivity index (χ3v) is 4.01. The Hall–Kier alpha value is -1.42. The van der Waals surface area contributed by atoms with Crippen LogP contribution in [-0.4, -0.2) is 17.1 Å². The molecule has 0 amide bonds. The van der Waals surface area contributed by atoms with E-state index < -0.39 is 5.97 Å². The molecule has 0 saturated heterocycles. The van der Waals surface area contributed by atoms with Crippen LogP contribution in [0.2, 0.25) is 0 Å². The van der Waals surface area contributed by atoms with Crippen LogP contribution in [0.15, 0.2) is 18.2 Å². The molecule has 0 bridgehead atoms. The molecule has 0 heterocycles. The third-order valence-electron chi connectivity index (χ3n) is 4.01. The Morgan fingerprint density at radius 2 is 2.16 bits per heavy atom. The zero-order valence-corrected chi connectivity index (χ0v) is 11.2. The third kappa shape index (κ3) is 3.53. The van der Waals surface area contributed by atoms with Crippen molar-refractivity contribution in [2.24, 2.45) is 5.92 Å². The summed E-state index contributed by atoms with van der Waals surface area (Å²) in [4.78, 5) is 10.9. The number of nitrogens with one attached hydrogen (secondary N) is 1. The van der Waals surface area contributed by atoms with E-state index in [1.54, 1.807) is 0 Å². The van der Waals surface area contributed by atoms with Crippen molar-refractivity contribution in [1.82, 2.24) is 5.32 Å². The second kappa shape index (κ2) is 6.15. The average molecular weight is 265 g/mol. The molecule has 0 aliphatic heterocycles. The van der Waals surface area contributed by atoms with Crippen LogP contribution >= 0.6 is 0 Å². The van der Waals surface area contributed by atoms with Gasteiger partial charge in [0.05, 0.1) is 5.56 Å². The fraction of sp³-hybridized carbons (Fsp3) is 0.533. The summed E-state index contributed by atoms with van der Waals surface area (Å²) in [6.45, 7) is 2.50. The largest absolute Gasteiger partial charge is 0.478 e. The first kappa shape index (κ1) is 14.0. The van der Waals surface area contributed by atoms with Crippen LogP contribution in [0.1, 0.15) is 48.5 Å². The number of rotatable bonds is 5. The molecule has 1 aromatic carbocycles. The van der Waals surface area contributed by atoms with Crippen molar-refractivity contribution < 1.29 is 14.3 Å². The molecule has 0 aromatic heterocycles. The van der Waals surface area contributed by atoms with Crippen LogP contribution in [0.5, 0.6) is 0 Å². The number of halogens is 1. The first-order valence-corrected chi connectivity index (χ1v) is 6.83. The number of hydrogen-bond acceptors (Lipinski definition) is 2. The van der Waals surface area contributed by atoms with Gasteiger partial charge in [0, 0.05) is 18.2 Å². The van der Waals surface area contributed by atoms with Gasteiger partial charge in [0.15, 0.2) is 0 Å². The van der Waals surface area contributed by atoms with Gasteiger partial charge in [0.2, 0.25) is 0 Å². The van der Waals surface area contributed by atoms with Crippen molar-refractivity contribution in [2.45, 2.75) is 45.2 Å². The highest BCUT2D eigenvalue weighted by atomic mass is 19.1. The normalized spacial score (nSPS) is 17.6. The molecule has 1 saturated carbocycles. The van der Waals surface area contributed by atoms with Crippen LogP contribution in [-0.2, 0) is 6.54 Å². The zero-order valence-electron chi connectivity index (χ0n) is 11.2. The summed E-state index contributed by atoms with van der Waals surface area (Å²) >= 11 is 0. The van der Waals surface area contributed by atoms with Crippen LogP contribution < -0.4 is 5.32 Å². The summed E-state index contributed by atoms with van der Waals surface area (Å²) < 4.78 is 13.6. The molecule has 3 nitrogen and oxygen atoms in total. The number of carboxylic acids is 1. The number of benzene rings is 1. The maximum absolute atomic E-state index is 13.6. The molecule has 0 unspecified atom stereocenters. The fourth-order valence-electron chi connectivity index (χ4n) is 2.74. The minimum Gasteiger partial charge on any atom is -0.478 e. The molecule has 1 aliphatic carbocycles. The second-order valence-corrected chi connectivity index (χ2v) is 5.33. The summed E-state index contributed by atoms with van der Waals surface area (Å²) in [5, 5.41) is 12.2. The predicted molar refractivity (Wildman–Crippen MR) is 71.6 cm³/mol. The minimum absolute atomic E-state index is 0.131. The van der Waals surface area contributed by atoms with E-state index in [1.165, 1.54) is 43.9 Å². The lowest BCUT2D eigenvalue weighted by Gasteiger charge is -2.20. The first-order chi connectivity index (χ1) is 9.08. The number of carboxylic acid groups (broad SMARTS) is 1. The van der Waals surface area contributed by atoms with E-state index in [0.29, 0.717) is 24.1 Å². The quantitative estimate of drug-likeness (QED) is 0.859. The highest BCUT2D eigenvalue weighted by Gasteiger charge is 2.21. The Balaban J connectivity index is 1.98. The first-order valence-electron chi connectivity index (χ1n) is 6.83. The Morgan fingerprint density at radius 3 is 2.79 bits per heavy atom. The maximum atomic E-state index is 13.6. The Morgan fingerprint density at radius 1 is 1.47 bits per heavy atom. The van der Waals surface area contributed by atoms with Gasteiger partial charge in [-0.25, -0.2) is 9.18 Å². The summed E-state index contributed by atoms with van der Waals surface area (Å²) in [6, 6.07) is 4.27. The number of aromatic carboxylic acids is 1. The summed E-state index contributed by atoms with van der Waals surface area (Å²) in [5.74, 6) is -0.716. The molecular formula is C15H20FNO2. The smallest absolute Gasteiger partial charge is 0.335 e. The lowest BCUT2D eigenvalue weighted by molar-refractivity contribution is 0.0696. The van der Waals surface area contributed by atoms with Gasteiger partial charge < -0.3 is 10.4 Å². The van der Waals surface area contributed by atoms with Crippen LogP contribution in [0.4, 0.5) is 4.39 Å². The molecule has 104 valence electrons. The summed E-state index contributed by atoms with van der Waals surface area (Å²) in [7, 11) is 0. The molecule has 1 aliphatic rings. The topological polar surface area (TPSA) is 49.3 Å². The summed E-state index contributed by atoms with van der Waals surface area (Å²) in [5.41, 5.74) is 0.552. The molecule has 19 heavy (non-hydrogen) atoms. The molecule has 1 aromatic rings. The maximum Gasteiger partial charge on any atom is 0.335 e. The van der Waals surface area contributed by atoms with Crippen LogP contribution in [0.25, 0.3) is 0 Å². The van der Waals surface area contributed by atoms with Crippen LogP contribution in [0, 0.1) is 11.7 Å². The standard InChI is InChI=1S/C15H20FNO2/c1-10(11-4-2-3-5-11)17-9-13-8-12(15(18)19)6-7-14(13)16/h6-8,10-11,17H,2-5,9H2,1H3,(H,18,19)/t10-/m1/s1. The monoisotopic (exact) mass is 265 g/mol. The Labute approximate surface area is 112 Å². The van der Waals surface area contributed by atoms with Gasteiger partial charge in [-0.15, -0.1) is 0 Å². The summed E-state index contributed by atoms with van der Waals surface area (Å²) in [6.07, 6.45) is 5.01. The minimum atomic E-state index is -1.02. The highest BCUT2D eigenvalue weighted by Crippen LogP contribution is 2.27. The van der Waals surface area contributed by atoms with Gasteiger partial charge in [-0.2, -0.15) is 0 Å². The SMILES string of the molecule is C[C@@H](NCc1cc(C(=O)O)ccc1F)C1CCCC1. The second-order valence-electron chi connectivity index (χ2n) is 5.33. The van der Waals surface area contributed by atoms with Crippen LogP contribution in [0.3, 0.4) is 0 Å². The van der Waals surface area contributed by atoms with E-state index >= 15 is 0 Å². The van der Waals surface area contributed by atoms with E-state index in [9.17, 15) is 9.18 Å². The van der Waals surface area contributed by atoms with Crippen molar-refractivity contribution in [3.05, 3.63) is 35.1 Å². The zero-order chi connectivity index (χ0) is 13.8. The van der Waals surface area contributed by atoms with Gasteiger partial charge in [0.1, 0.15) is 5.82 Å². The molecule has 4 heteroatoms. The van der Waals surface area contributed by atoms with Crippen molar-refractivity contribution in [2.75, 3.05) is 0 Å². The molecule has 0 radical (unpaired) electrons. The number of hydrogen-bond donors (Lipinski definition) is 2. The molecule has 0 spiro atoms. The highest BCUT2D eigenvalue weighted by molar-refractivity contribution is 5.87. The van der Waals surface area contributed by atoms with Gasteiger partial charge in [-0.1, -0.05) is 12.8 Å². The predicted octanol–water partition coefficient (Wildman–Crippen LogP) is 3.19. The van der Waals surface area contributed by atoms with Crippen molar-refractivity contribution >= 4 is 5.97 Å². The van der Waals surface area contributed by atoms with E-state index in [4.69, 9.17) is 5.11 Å². The number of carbonyl (C=O) groups is 1. The fourth-order valence-corrected chi connectivity index (χ4v) is 2.74.